The zero-order valence-electron chi connectivity index (χ0n) is 10.1. The molecule has 2 aromatic rings. The fourth-order valence-electron chi connectivity index (χ4n) is 1.72. The summed E-state index contributed by atoms with van der Waals surface area (Å²) in [7, 11) is 0. The number of carbonyl (C=O) groups excluding carboxylic acids is 1. The molecule has 0 radical (unpaired) electrons. The average Bonchev–Trinajstić information content (AvgIpc) is 2.76. The molecule has 0 atom stereocenters. The fourth-order valence-corrected chi connectivity index (χ4v) is 1.72. The highest BCUT2D eigenvalue weighted by Crippen LogP contribution is 2.06. The lowest BCUT2D eigenvalue weighted by molar-refractivity contribution is 0.0985. The van der Waals surface area contributed by atoms with E-state index < -0.39 is 0 Å². The molecule has 0 aromatic carbocycles. The minimum absolute atomic E-state index is 0.00889. The molecule has 2 rings (SSSR count). The van der Waals surface area contributed by atoms with Crippen LogP contribution >= 0.6 is 0 Å². The molecule has 0 aliphatic rings. The molecule has 88 valence electrons. The van der Waals surface area contributed by atoms with Crippen molar-refractivity contribution in [3.63, 3.8) is 0 Å². The Balaban J connectivity index is 2.17. The number of Topliss-reactive ketones (excluding diaryl/α,β-unsaturated/α-hetero) is 1. The lowest BCUT2D eigenvalue weighted by atomic mass is 10.1. The van der Waals surface area contributed by atoms with Gasteiger partial charge >= 0.3 is 0 Å². The summed E-state index contributed by atoms with van der Waals surface area (Å²) < 4.78 is 1.97. The van der Waals surface area contributed by atoms with E-state index in [0.717, 1.165) is 17.9 Å². The van der Waals surface area contributed by atoms with Crippen molar-refractivity contribution >= 4 is 5.78 Å². The summed E-state index contributed by atoms with van der Waals surface area (Å²) in [4.78, 5) is 20.3. The van der Waals surface area contributed by atoms with Crippen molar-refractivity contribution in [1.29, 1.82) is 0 Å². The molecule has 0 bridgehead atoms. The first-order valence-corrected chi connectivity index (χ1v) is 5.66. The number of ketones is 1. The Morgan fingerprint density at radius 3 is 2.88 bits per heavy atom. The molecule has 2 heterocycles. The predicted octanol–water partition coefficient (Wildman–Crippen LogP) is 2.03. The van der Waals surface area contributed by atoms with Crippen LogP contribution in [0.4, 0.5) is 0 Å². The highest BCUT2D eigenvalue weighted by Gasteiger charge is 2.11. The number of hydrogen-bond donors (Lipinski definition) is 0. The van der Waals surface area contributed by atoms with Gasteiger partial charge in [-0.05, 0) is 31.5 Å². The molecule has 0 N–H and O–H groups in total. The van der Waals surface area contributed by atoms with Gasteiger partial charge in [0.05, 0.1) is 6.42 Å². The van der Waals surface area contributed by atoms with Gasteiger partial charge in [-0.3, -0.25) is 9.78 Å². The lowest BCUT2D eigenvalue weighted by Crippen LogP contribution is -2.11. The summed E-state index contributed by atoms with van der Waals surface area (Å²) >= 11 is 0. The standard InChI is InChI=1S/C13H15N3O/c1-3-16-7-6-15-13(16)9-12(17)11-8-10(2)4-5-14-11/h4-8H,3,9H2,1-2H3. The van der Waals surface area contributed by atoms with Crippen LogP contribution in [-0.2, 0) is 13.0 Å². The number of rotatable bonds is 4. The molecule has 0 spiro atoms. The summed E-state index contributed by atoms with van der Waals surface area (Å²) in [6, 6.07) is 3.69. The first-order chi connectivity index (χ1) is 8.20. The maximum atomic E-state index is 12.0. The maximum Gasteiger partial charge on any atom is 0.188 e. The van der Waals surface area contributed by atoms with Crippen molar-refractivity contribution in [2.45, 2.75) is 26.8 Å². The van der Waals surface area contributed by atoms with Crippen LogP contribution < -0.4 is 0 Å². The van der Waals surface area contributed by atoms with Crippen LogP contribution in [0.1, 0.15) is 28.8 Å². The SMILES string of the molecule is CCn1ccnc1CC(=O)c1cc(C)ccn1. The molecule has 0 fully saturated rings. The molecule has 0 aliphatic carbocycles. The number of aryl methyl sites for hydroxylation is 2. The van der Waals surface area contributed by atoms with Crippen molar-refractivity contribution in [3.8, 4) is 0 Å². The number of imidazole rings is 1. The maximum absolute atomic E-state index is 12.0. The van der Waals surface area contributed by atoms with E-state index >= 15 is 0 Å². The van der Waals surface area contributed by atoms with Crippen molar-refractivity contribution in [2.24, 2.45) is 0 Å². The summed E-state index contributed by atoms with van der Waals surface area (Å²) in [5.74, 6) is 0.801. The summed E-state index contributed by atoms with van der Waals surface area (Å²) in [6.07, 6.45) is 5.56. The molecule has 0 unspecified atom stereocenters. The Hall–Kier alpha value is -1.97. The highest BCUT2D eigenvalue weighted by molar-refractivity contribution is 5.95. The number of nitrogens with zero attached hydrogens (tertiary/aromatic N) is 3. The van der Waals surface area contributed by atoms with Crippen LogP contribution in [0.2, 0.25) is 0 Å². The van der Waals surface area contributed by atoms with E-state index in [0.29, 0.717) is 12.1 Å². The monoisotopic (exact) mass is 229 g/mol. The molecule has 0 saturated carbocycles. The first kappa shape index (κ1) is 11.5. The van der Waals surface area contributed by atoms with Gasteiger partial charge in [-0.2, -0.15) is 0 Å². The first-order valence-electron chi connectivity index (χ1n) is 5.66. The Bertz CT molecular complexity index is 531. The van der Waals surface area contributed by atoms with Crippen molar-refractivity contribution < 1.29 is 4.79 Å². The second kappa shape index (κ2) is 4.91. The van der Waals surface area contributed by atoms with Crippen molar-refractivity contribution in [3.05, 3.63) is 47.8 Å². The zero-order chi connectivity index (χ0) is 12.3. The minimum atomic E-state index is 0.00889. The third kappa shape index (κ3) is 2.58. The molecule has 0 aliphatic heterocycles. The van der Waals surface area contributed by atoms with Gasteiger partial charge in [0.25, 0.3) is 0 Å². The van der Waals surface area contributed by atoms with E-state index in [1.807, 2.05) is 36.7 Å². The topological polar surface area (TPSA) is 47.8 Å². The molecule has 0 amide bonds. The van der Waals surface area contributed by atoms with E-state index in [1.165, 1.54) is 0 Å². The summed E-state index contributed by atoms with van der Waals surface area (Å²) in [5, 5.41) is 0. The molecule has 4 nitrogen and oxygen atoms in total. The number of carbonyl (C=O) groups is 1. The van der Waals surface area contributed by atoms with Crippen LogP contribution in [-0.4, -0.2) is 20.3 Å². The summed E-state index contributed by atoms with van der Waals surface area (Å²) in [6.45, 7) is 4.80. The second-order valence-electron chi connectivity index (χ2n) is 3.95. The van der Waals surface area contributed by atoms with Gasteiger partial charge in [0, 0.05) is 25.1 Å². The normalized spacial score (nSPS) is 10.5. The van der Waals surface area contributed by atoms with Gasteiger partial charge in [0.1, 0.15) is 11.5 Å². The molecule has 0 saturated heterocycles. The van der Waals surface area contributed by atoms with Gasteiger partial charge in [-0.15, -0.1) is 0 Å². The highest BCUT2D eigenvalue weighted by atomic mass is 16.1. The Morgan fingerprint density at radius 2 is 2.18 bits per heavy atom. The molecule has 17 heavy (non-hydrogen) atoms. The molecular weight excluding hydrogens is 214 g/mol. The molecule has 4 heteroatoms. The van der Waals surface area contributed by atoms with Crippen LogP contribution in [0.5, 0.6) is 0 Å². The third-order valence-corrected chi connectivity index (χ3v) is 2.66. The summed E-state index contributed by atoms with van der Waals surface area (Å²) in [5.41, 5.74) is 1.55. The van der Waals surface area contributed by atoms with E-state index in [4.69, 9.17) is 0 Å². The number of hydrogen-bond acceptors (Lipinski definition) is 3. The van der Waals surface area contributed by atoms with Gasteiger partial charge in [-0.25, -0.2) is 4.98 Å². The van der Waals surface area contributed by atoms with Crippen molar-refractivity contribution in [2.75, 3.05) is 0 Å². The fraction of sp³-hybridized carbons (Fsp3) is 0.308. The van der Waals surface area contributed by atoms with E-state index in [2.05, 4.69) is 9.97 Å². The zero-order valence-corrected chi connectivity index (χ0v) is 10.1. The van der Waals surface area contributed by atoms with Crippen LogP contribution in [0.25, 0.3) is 0 Å². The Kier molecular flexibility index (Phi) is 3.32. The van der Waals surface area contributed by atoms with Crippen LogP contribution in [0, 0.1) is 6.92 Å². The smallest absolute Gasteiger partial charge is 0.188 e. The second-order valence-corrected chi connectivity index (χ2v) is 3.95. The van der Waals surface area contributed by atoms with Gasteiger partial charge in [0.2, 0.25) is 0 Å². The van der Waals surface area contributed by atoms with Crippen LogP contribution in [0.15, 0.2) is 30.7 Å². The number of aromatic nitrogens is 3. The largest absolute Gasteiger partial charge is 0.335 e. The van der Waals surface area contributed by atoms with Crippen LogP contribution in [0.3, 0.4) is 0 Å². The van der Waals surface area contributed by atoms with E-state index in [9.17, 15) is 4.79 Å². The lowest BCUT2D eigenvalue weighted by Gasteiger charge is -2.04. The van der Waals surface area contributed by atoms with Crippen molar-refractivity contribution in [1.82, 2.24) is 14.5 Å². The predicted molar refractivity (Wildman–Crippen MR) is 64.9 cm³/mol. The van der Waals surface area contributed by atoms with E-state index in [1.54, 1.807) is 12.4 Å². The number of pyridine rings is 1. The quantitative estimate of drug-likeness (QED) is 0.754. The van der Waals surface area contributed by atoms with Gasteiger partial charge in [0.15, 0.2) is 5.78 Å². The Morgan fingerprint density at radius 1 is 1.35 bits per heavy atom. The molecular formula is C13H15N3O. The van der Waals surface area contributed by atoms with E-state index in [-0.39, 0.29) is 5.78 Å². The van der Waals surface area contributed by atoms with Gasteiger partial charge < -0.3 is 4.57 Å². The average molecular weight is 229 g/mol. The molecule has 2 aromatic heterocycles. The third-order valence-electron chi connectivity index (χ3n) is 2.66. The Labute approximate surface area is 100 Å². The van der Waals surface area contributed by atoms with Gasteiger partial charge in [-0.1, -0.05) is 0 Å². The minimum Gasteiger partial charge on any atom is -0.335 e.